The predicted molar refractivity (Wildman–Crippen MR) is 76.8 cm³/mol. The third kappa shape index (κ3) is 2.72. The molecular weight excluding hydrogens is 328 g/mol. The number of nitrogens with one attached hydrogen (secondary N) is 1. The normalized spacial score (nSPS) is 12.4. The first-order chi connectivity index (χ1) is 9.60. The lowest BCUT2D eigenvalue weighted by Gasteiger charge is -2.20. The quantitative estimate of drug-likeness (QED) is 0.510. The summed E-state index contributed by atoms with van der Waals surface area (Å²) >= 11 is 3.06. The molecule has 3 nitrogen and oxygen atoms in total. The second-order valence-electron chi connectivity index (χ2n) is 4.26. The van der Waals surface area contributed by atoms with Gasteiger partial charge in [-0.3, -0.25) is 10.8 Å². The van der Waals surface area contributed by atoms with Gasteiger partial charge in [0.2, 0.25) is 0 Å². The Morgan fingerprint density at radius 1 is 1.35 bits per heavy atom. The number of nitrogens with zero attached hydrogens (tertiary/aromatic N) is 1. The average molecular weight is 342 g/mol. The molecular formula is C14H14BrF2N3. The van der Waals surface area contributed by atoms with E-state index in [9.17, 15) is 8.78 Å². The molecule has 0 saturated heterocycles. The lowest BCUT2D eigenvalue weighted by molar-refractivity contribution is 0.501. The van der Waals surface area contributed by atoms with Gasteiger partial charge >= 0.3 is 0 Å². The van der Waals surface area contributed by atoms with E-state index in [2.05, 4.69) is 26.3 Å². The Balaban J connectivity index is 2.62. The van der Waals surface area contributed by atoms with Gasteiger partial charge in [-0.25, -0.2) is 14.2 Å². The first-order valence-corrected chi connectivity index (χ1v) is 6.92. The number of benzene rings is 1. The molecule has 0 saturated carbocycles. The summed E-state index contributed by atoms with van der Waals surface area (Å²) in [5, 5.41) is 0. The fourth-order valence-corrected chi connectivity index (χ4v) is 2.46. The maximum atomic E-state index is 14.2. The van der Waals surface area contributed by atoms with Gasteiger partial charge in [0.15, 0.2) is 0 Å². The van der Waals surface area contributed by atoms with E-state index in [1.807, 2.05) is 13.0 Å². The largest absolute Gasteiger partial charge is 0.271 e. The topological polar surface area (TPSA) is 50.9 Å². The molecule has 3 N–H and O–H groups in total. The van der Waals surface area contributed by atoms with Crippen LogP contribution in [0.15, 0.2) is 34.9 Å². The average Bonchev–Trinajstić information content (AvgIpc) is 2.47. The zero-order valence-corrected chi connectivity index (χ0v) is 12.4. The molecule has 0 spiro atoms. The fraction of sp³-hybridized carbons (Fsp3) is 0.214. The van der Waals surface area contributed by atoms with E-state index in [1.165, 1.54) is 12.1 Å². The summed E-state index contributed by atoms with van der Waals surface area (Å²) < 4.78 is 28.4. The van der Waals surface area contributed by atoms with Gasteiger partial charge in [0.05, 0.1) is 16.2 Å². The second-order valence-corrected chi connectivity index (χ2v) is 5.11. The SMILES string of the molecule is CCc1cccnc1C(NN)c1c(F)ccc(Br)c1F. The second kappa shape index (κ2) is 6.39. The maximum absolute atomic E-state index is 14.2. The van der Waals surface area contributed by atoms with Gasteiger partial charge in [0, 0.05) is 11.8 Å². The molecule has 1 heterocycles. The lowest BCUT2D eigenvalue weighted by Crippen LogP contribution is -2.32. The first kappa shape index (κ1) is 15.0. The fourth-order valence-electron chi connectivity index (χ4n) is 2.12. The highest BCUT2D eigenvalue weighted by atomic mass is 79.9. The van der Waals surface area contributed by atoms with Crippen LogP contribution < -0.4 is 11.3 Å². The maximum Gasteiger partial charge on any atom is 0.145 e. The zero-order valence-electron chi connectivity index (χ0n) is 10.8. The Kier molecular flexibility index (Phi) is 4.80. The van der Waals surface area contributed by atoms with Gasteiger partial charge in [-0.15, -0.1) is 0 Å². The van der Waals surface area contributed by atoms with Crippen molar-refractivity contribution in [3.8, 4) is 0 Å². The Morgan fingerprint density at radius 3 is 2.75 bits per heavy atom. The molecule has 0 radical (unpaired) electrons. The Labute approximate surface area is 124 Å². The molecule has 2 aromatic rings. The van der Waals surface area contributed by atoms with E-state index in [-0.39, 0.29) is 10.0 Å². The monoisotopic (exact) mass is 341 g/mol. The van der Waals surface area contributed by atoms with Crippen LogP contribution in [0.2, 0.25) is 0 Å². The molecule has 1 aromatic heterocycles. The van der Waals surface area contributed by atoms with Gasteiger partial charge in [0.25, 0.3) is 0 Å². The number of aryl methyl sites for hydroxylation is 1. The summed E-state index contributed by atoms with van der Waals surface area (Å²) in [5.74, 6) is 4.16. The molecule has 0 amide bonds. The zero-order chi connectivity index (χ0) is 14.7. The van der Waals surface area contributed by atoms with Gasteiger partial charge in [-0.05, 0) is 46.1 Å². The highest BCUT2D eigenvalue weighted by Gasteiger charge is 2.25. The minimum atomic E-state index is -0.844. The van der Waals surface area contributed by atoms with Crippen LogP contribution in [0.4, 0.5) is 8.78 Å². The van der Waals surface area contributed by atoms with E-state index < -0.39 is 17.7 Å². The van der Waals surface area contributed by atoms with Crippen molar-refractivity contribution in [3.05, 3.63) is 63.4 Å². The molecule has 0 aliphatic rings. The van der Waals surface area contributed by atoms with Gasteiger partial charge in [-0.1, -0.05) is 13.0 Å². The van der Waals surface area contributed by atoms with Crippen molar-refractivity contribution in [2.45, 2.75) is 19.4 Å². The van der Waals surface area contributed by atoms with E-state index in [1.54, 1.807) is 12.3 Å². The summed E-state index contributed by atoms with van der Waals surface area (Å²) in [5.41, 5.74) is 3.72. The summed E-state index contributed by atoms with van der Waals surface area (Å²) in [7, 11) is 0. The number of hydrogen-bond acceptors (Lipinski definition) is 3. The van der Waals surface area contributed by atoms with Gasteiger partial charge in [-0.2, -0.15) is 0 Å². The van der Waals surface area contributed by atoms with Gasteiger partial charge in [0.1, 0.15) is 11.6 Å². The molecule has 0 fully saturated rings. The van der Waals surface area contributed by atoms with Crippen molar-refractivity contribution in [2.24, 2.45) is 5.84 Å². The summed E-state index contributed by atoms with van der Waals surface area (Å²) in [6.07, 6.45) is 2.27. The predicted octanol–water partition coefficient (Wildman–Crippen LogP) is 3.24. The standard InChI is InChI=1S/C14H14BrF2N3/c1-2-8-4-3-7-19-13(8)14(20-18)11-10(16)6-5-9(15)12(11)17/h3-7,14,20H,2,18H2,1H3. The molecule has 0 aliphatic heterocycles. The number of hydrogen-bond donors (Lipinski definition) is 2. The van der Waals surface area contributed by atoms with E-state index in [0.717, 1.165) is 5.56 Å². The van der Waals surface area contributed by atoms with Crippen molar-refractivity contribution >= 4 is 15.9 Å². The van der Waals surface area contributed by atoms with Crippen molar-refractivity contribution in [3.63, 3.8) is 0 Å². The van der Waals surface area contributed by atoms with Crippen LogP contribution >= 0.6 is 15.9 Å². The number of aromatic nitrogens is 1. The highest BCUT2D eigenvalue weighted by molar-refractivity contribution is 9.10. The third-order valence-corrected chi connectivity index (χ3v) is 3.73. The molecule has 0 aliphatic carbocycles. The van der Waals surface area contributed by atoms with Crippen molar-refractivity contribution in [2.75, 3.05) is 0 Å². The van der Waals surface area contributed by atoms with Crippen LogP contribution in [0.5, 0.6) is 0 Å². The van der Waals surface area contributed by atoms with Crippen molar-refractivity contribution < 1.29 is 8.78 Å². The lowest BCUT2D eigenvalue weighted by atomic mass is 9.98. The molecule has 20 heavy (non-hydrogen) atoms. The summed E-state index contributed by atoms with van der Waals surface area (Å²) in [6, 6.07) is 5.32. The van der Waals surface area contributed by atoms with E-state index in [0.29, 0.717) is 12.1 Å². The van der Waals surface area contributed by atoms with Crippen LogP contribution in [0, 0.1) is 11.6 Å². The van der Waals surface area contributed by atoms with E-state index >= 15 is 0 Å². The number of halogens is 3. The van der Waals surface area contributed by atoms with Crippen LogP contribution in [0.25, 0.3) is 0 Å². The molecule has 1 atom stereocenters. The number of hydrazine groups is 1. The molecule has 1 aromatic carbocycles. The number of nitrogens with two attached hydrogens (primary N) is 1. The van der Waals surface area contributed by atoms with Crippen LogP contribution in [-0.4, -0.2) is 4.98 Å². The summed E-state index contributed by atoms with van der Waals surface area (Å²) in [6.45, 7) is 1.95. The first-order valence-electron chi connectivity index (χ1n) is 6.13. The van der Waals surface area contributed by atoms with Crippen LogP contribution in [0.3, 0.4) is 0 Å². The number of pyridine rings is 1. The third-order valence-electron chi connectivity index (χ3n) is 3.12. The van der Waals surface area contributed by atoms with Crippen molar-refractivity contribution in [1.82, 2.24) is 10.4 Å². The Morgan fingerprint density at radius 2 is 2.10 bits per heavy atom. The molecule has 6 heteroatoms. The summed E-state index contributed by atoms with van der Waals surface area (Å²) in [4.78, 5) is 4.22. The molecule has 0 bridgehead atoms. The van der Waals surface area contributed by atoms with Gasteiger partial charge < -0.3 is 0 Å². The molecule has 106 valence electrons. The Hall–Kier alpha value is -1.37. The van der Waals surface area contributed by atoms with Crippen molar-refractivity contribution in [1.29, 1.82) is 0 Å². The molecule has 1 unspecified atom stereocenters. The molecule has 2 rings (SSSR count). The Bertz CT molecular complexity index is 619. The smallest absolute Gasteiger partial charge is 0.145 e. The number of rotatable bonds is 4. The van der Waals surface area contributed by atoms with Crippen LogP contribution in [-0.2, 0) is 6.42 Å². The highest BCUT2D eigenvalue weighted by Crippen LogP contribution is 2.30. The van der Waals surface area contributed by atoms with Crippen LogP contribution in [0.1, 0.15) is 29.8 Å². The van der Waals surface area contributed by atoms with E-state index in [4.69, 9.17) is 5.84 Å². The minimum Gasteiger partial charge on any atom is -0.271 e. The minimum absolute atomic E-state index is 0.143.